The Balaban J connectivity index is 1.91. The third kappa shape index (κ3) is 4.46. The van der Waals surface area contributed by atoms with E-state index in [1.54, 1.807) is 13.0 Å². The van der Waals surface area contributed by atoms with Gasteiger partial charge in [0.15, 0.2) is 0 Å². The van der Waals surface area contributed by atoms with Crippen molar-refractivity contribution in [2.24, 2.45) is 0 Å². The maximum atomic E-state index is 12.8. The molecule has 0 unspecified atom stereocenters. The standard InChI is InChI=1S/C24H28N2O4S/c1-7-30-23(28)17(6)26-22(27)21(31-24(26)29)13-19-12-15(4)25(16(19)5)20-10-8-18(9-11-20)14(2)3/h8-14,17H,7H2,1-6H3/b21-13+/t17-/m1/s1. The first-order valence-corrected chi connectivity index (χ1v) is 11.2. The van der Waals surface area contributed by atoms with Gasteiger partial charge in [0.2, 0.25) is 0 Å². The van der Waals surface area contributed by atoms with Crippen molar-refractivity contribution in [3.8, 4) is 5.69 Å². The molecule has 2 heterocycles. The van der Waals surface area contributed by atoms with Gasteiger partial charge in [0, 0.05) is 17.1 Å². The van der Waals surface area contributed by atoms with Crippen LogP contribution in [0, 0.1) is 13.8 Å². The number of aryl methyl sites for hydroxylation is 1. The lowest BCUT2D eigenvalue weighted by molar-refractivity contribution is -0.150. The SMILES string of the molecule is CCOC(=O)[C@@H](C)N1C(=O)S/C(=C/c2cc(C)n(-c3ccc(C(C)C)cc3)c2C)C1=O. The molecule has 0 aliphatic carbocycles. The van der Waals surface area contributed by atoms with E-state index in [4.69, 9.17) is 4.74 Å². The lowest BCUT2D eigenvalue weighted by Crippen LogP contribution is -2.42. The van der Waals surface area contributed by atoms with Gasteiger partial charge in [-0.1, -0.05) is 26.0 Å². The Morgan fingerprint density at radius 2 is 1.77 bits per heavy atom. The van der Waals surface area contributed by atoms with Crippen molar-refractivity contribution >= 4 is 35.0 Å². The highest BCUT2D eigenvalue weighted by Gasteiger charge is 2.41. The van der Waals surface area contributed by atoms with Crippen LogP contribution in [0.5, 0.6) is 0 Å². The maximum Gasteiger partial charge on any atom is 0.329 e. The number of imide groups is 1. The first-order valence-electron chi connectivity index (χ1n) is 10.4. The predicted molar refractivity (Wildman–Crippen MR) is 123 cm³/mol. The molecule has 1 aliphatic rings. The number of nitrogens with zero attached hydrogens (tertiary/aromatic N) is 2. The average molecular weight is 441 g/mol. The van der Waals surface area contributed by atoms with E-state index in [0.29, 0.717) is 10.8 Å². The number of esters is 1. The van der Waals surface area contributed by atoms with Gasteiger partial charge in [-0.05, 0) is 80.8 Å². The van der Waals surface area contributed by atoms with Gasteiger partial charge in [-0.2, -0.15) is 0 Å². The van der Waals surface area contributed by atoms with Crippen LogP contribution in [0.2, 0.25) is 0 Å². The average Bonchev–Trinajstić information content (AvgIpc) is 3.16. The van der Waals surface area contributed by atoms with Crippen molar-refractivity contribution in [1.82, 2.24) is 9.47 Å². The third-order valence-corrected chi connectivity index (χ3v) is 6.30. The lowest BCUT2D eigenvalue weighted by atomic mass is 10.0. The van der Waals surface area contributed by atoms with Crippen LogP contribution < -0.4 is 0 Å². The summed E-state index contributed by atoms with van der Waals surface area (Å²) in [6.07, 6.45) is 1.73. The van der Waals surface area contributed by atoms with E-state index in [1.807, 2.05) is 19.9 Å². The van der Waals surface area contributed by atoms with Crippen LogP contribution in [-0.2, 0) is 14.3 Å². The van der Waals surface area contributed by atoms with Crippen molar-refractivity contribution in [2.45, 2.75) is 53.5 Å². The summed E-state index contributed by atoms with van der Waals surface area (Å²) in [5.41, 5.74) is 5.18. The monoisotopic (exact) mass is 440 g/mol. The second kappa shape index (κ2) is 9.14. The number of carbonyl (C=O) groups excluding carboxylic acids is 3. The fourth-order valence-corrected chi connectivity index (χ4v) is 4.56. The number of benzene rings is 1. The van der Waals surface area contributed by atoms with E-state index in [-0.39, 0.29) is 6.61 Å². The van der Waals surface area contributed by atoms with Crippen LogP contribution in [0.4, 0.5) is 4.79 Å². The second-order valence-electron chi connectivity index (χ2n) is 7.89. The van der Waals surface area contributed by atoms with E-state index in [2.05, 4.69) is 42.7 Å². The van der Waals surface area contributed by atoms with Gasteiger partial charge in [-0.15, -0.1) is 0 Å². The van der Waals surface area contributed by atoms with Gasteiger partial charge in [-0.3, -0.25) is 14.5 Å². The number of amides is 2. The summed E-state index contributed by atoms with van der Waals surface area (Å²) >= 11 is 0.847. The minimum absolute atomic E-state index is 0.194. The van der Waals surface area contributed by atoms with Gasteiger partial charge in [0.05, 0.1) is 11.5 Å². The van der Waals surface area contributed by atoms with Crippen molar-refractivity contribution < 1.29 is 19.1 Å². The van der Waals surface area contributed by atoms with Crippen molar-refractivity contribution in [3.05, 3.63) is 57.8 Å². The summed E-state index contributed by atoms with van der Waals surface area (Å²) < 4.78 is 7.09. The first-order chi connectivity index (χ1) is 14.6. The normalized spacial score (nSPS) is 16.5. The summed E-state index contributed by atoms with van der Waals surface area (Å²) in [7, 11) is 0. The Morgan fingerprint density at radius 1 is 1.13 bits per heavy atom. The Hall–Kier alpha value is -2.80. The van der Waals surface area contributed by atoms with Gasteiger partial charge < -0.3 is 9.30 Å². The lowest BCUT2D eigenvalue weighted by Gasteiger charge is -2.19. The van der Waals surface area contributed by atoms with Crippen molar-refractivity contribution in [3.63, 3.8) is 0 Å². The molecule has 1 atom stereocenters. The van der Waals surface area contributed by atoms with E-state index in [9.17, 15) is 14.4 Å². The number of hydrogen-bond acceptors (Lipinski definition) is 5. The summed E-state index contributed by atoms with van der Waals surface area (Å²) in [6.45, 7) is 11.7. The van der Waals surface area contributed by atoms with Gasteiger partial charge >= 0.3 is 5.97 Å². The molecule has 0 radical (unpaired) electrons. The first kappa shape index (κ1) is 22.9. The molecule has 2 amide bonds. The van der Waals surface area contributed by atoms with Crippen LogP contribution in [0.3, 0.4) is 0 Å². The number of hydrogen-bond donors (Lipinski definition) is 0. The zero-order valence-corrected chi connectivity index (χ0v) is 19.6. The minimum Gasteiger partial charge on any atom is -0.464 e. The van der Waals surface area contributed by atoms with E-state index >= 15 is 0 Å². The molecule has 1 saturated heterocycles. The summed E-state index contributed by atoms with van der Waals surface area (Å²) in [4.78, 5) is 38.5. The Bertz CT molecular complexity index is 1050. The largest absolute Gasteiger partial charge is 0.464 e. The Labute approximate surface area is 187 Å². The fourth-order valence-electron chi connectivity index (χ4n) is 3.66. The molecular formula is C24H28N2O4S. The Morgan fingerprint density at radius 3 is 2.35 bits per heavy atom. The van der Waals surface area contributed by atoms with Crippen LogP contribution in [0.15, 0.2) is 35.2 Å². The molecular weight excluding hydrogens is 412 g/mol. The summed E-state index contributed by atoms with van der Waals surface area (Å²) in [5, 5.41) is -0.463. The molecule has 0 saturated carbocycles. The fraction of sp³-hybridized carbons (Fsp3) is 0.375. The quantitative estimate of drug-likeness (QED) is 0.456. The third-order valence-electron chi connectivity index (χ3n) is 5.41. The highest BCUT2D eigenvalue weighted by atomic mass is 32.2. The molecule has 0 spiro atoms. The molecule has 3 rings (SSSR count). The molecule has 7 heteroatoms. The van der Waals surface area contributed by atoms with E-state index < -0.39 is 23.2 Å². The molecule has 164 valence electrons. The molecule has 2 aromatic rings. The zero-order chi connectivity index (χ0) is 22.9. The number of rotatable bonds is 6. The maximum absolute atomic E-state index is 12.8. The summed E-state index contributed by atoms with van der Waals surface area (Å²) in [6, 6.07) is 9.47. The molecule has 1 aromatic carbocycles. The smallest absolute Gasteiger partial charge is 0.329 e. The van der Waals surface area contributed by atoms with E-state index in [0.717, 1.165) is 39.3 Å². The van der Waals surface area contributed by atoms with Crippen LogP contribution in [-0.4, -0.2) is 39.2 Å². The van der Waals surface area contributed by atoms with Gasteiger partial charge in [-0.25, -0.2) is 4.79 Å². The molecule has 1 aromatic heterocycles. The minimum atomic E-state index is -0.953. The highest BCUT2D eigenvalue weighted by molar-refractivity contribution is 8.18. The number of thioether (sulfide) groups is 1. The predicted octanol–water partition coefficient (Wildman–Crippen LogP) is 5.21. The van der Waals surface area contributed by atoms with Crippen LogP contribution in [0.25, 0.3) is 11.8 Å². The number of carbonyl (C=O) groups is 3. The molecule has 1 fully saturated rings. The molecule has 6 nitrogen and oxygen atoms in total. The van der Waals surface area contributed by atoms with Crippen molar-refractivity contribution in [2.75, 3.05) is 6.61 Å². The van der Waals surface area contributed by atoms with Crippen LogP contribution >= 0.6 is 11.8 Å². The highest BCUT2D eigenvalue weighted by Crippen LogP contribution is 2.35. The molecule has 0 bridgehead atoms. The van der Waals surface area contributed by atoms with Gasteiger partial charge in [0.1, 0.15) is 6.04 Å². The molecule has 31 heavy (non-hydrogen) atoms. The second-order valence-corrected chi connectivity index (χ2v) is 8.88. The van der Waals surface area contributed by atoms with Crippen LogP contribution in [0.1, 0.15) is 56.1 Å². The van der Waals surface area contributed by atoms with Crippen molar-refractivity contribution in [1.29, 1.82) is 0 Å². The zero-order valence-electron chi connectivity index (χ0n) is 18.8. The topological polar surface area (TPSA) is 68.6 Å². The van der Waals surface area contributed by atoms with E-state index in [1.165, 1.54) is 12.5 Å². The molecule has 1 aliphatic heterocycles. The number of aromatic nitrogens is 1. The summed E-state index contributed by atoms with van der Waals surface area (Å²) in [5.74, 6) is -0.597. The number of ether oxygens (including phenoxy) is 1. The Kier molecular flexibility index (Phi) is 6.74. The molecule has 0 N–H and O–H groups in total. The van der Waals surface area contributed by atoms with Gasteiger partial charge in [0.25, 0.3) is 11.1 Å².